The first-order chi connectivity index (χ1) is 11.6. The molecule has 2 aromatic rings. The van der Waals surface area contributed by atoms with Crippen LogP contribution in [0.4, 0.5) is 4.79 Å². The standard InChI is InChI=1S/C18H21N3O3/c1-20-10-9-19-17(20)8-7-15-11-16(22)12-21(15)18(23)24-13-14-5-3-2-4-6-14/h2-10,15-16,22H,11-13H2,1H3. The molecule has 1 aliphatic rings. The molecular formula is C18H21N3O3. The number of aliphatic hydroxyl groups is 1. The average Bonchev–Trinajstić information content (AvgIpc) is 3.17. The summed E-state index contributed by atoms with van der Waals surface area (Å²) in [4.78, 5) is 18.1. The summed E-state index contributed by atoms with van der Waals surface area (Å²) in [7, 11) is 1.90. The molecule has 1 saturated heterocycles. The first-order valence-corrected chi connectivity index (χ1v) is 7.94. The van der Waals surface area contributed by atoms with Crippen molar-refractivity contribution < 1.29 is 14.6 Å². The van der Waals surface area contributed by atoms with E-state index in [-0.39, 0.29) is 19.2 Å². The summed E-state index contributed by atoms with van der Waals surface area (Å²) in [6, 6.07) is 9.35. The van der Waals surface area contributed by atoms with Gasteiger partial charge in [0.15, 0.2) is 0 Å². The normalized spacial score (nSPS) is 20.7. The minimum atomic E-state index is -0.537. The van der Waals surface area contributed by atoms with E-state index in [9.17, 15) is 9.90 Å². The third-order valence-corrected chi connectivity index (χ3v) is 4.09. The fraction of sp³-hybridized carbons (Fsp3) is 0.333. The Balaban J connectivity index is 1.63. The smallest absolute Gasteiger partial charge is 0.410 e. The number of aromatic nitrogens is 2. The largest absolute Gasteiger partial charge is 0.445 e. The Morgan fingerprint density at radius 2 is 2.21 bits per heavy atom. The molecule has 0 spiro atoms. The first kappa shape index (κ1) is 16.3. The van der Waals surface area contributed by atoms with Crippen LogP contribution in [-0.2, 0) is 18.4 Å². The zero-order valence-corrected chi connectivity index (χ0v) is 13.6. The highest BCUT2D eigenvalue weighted by Crippen LogP contribution is 2.21. The lowest BCUT2D eigenvalue weighted by molar-refractivity contribution is 0.0920. The minimum Gasteiger partial charge on any atom is -0.445 e. The van der Waals surface area contributed by atoms with Crippen molar-refractivity contribution in [2.24, 2.45) is 7.05 Å². The number of benzene rings is 1. The van der Waals surface area contributed by atoms with Gasteiger partial charge in [-0.1, -0.05) is 36.4 Å². The van der Waals surface area contributed by atoms with Gasteiger partial charge in [0.05, 0.1) is 18.7 Å². The van der Waals surface area contributed by atoms with Gasteiger partial charge in [-0.05, 0) is 18.1 Å². The predicted molar refractivity (Wildman–Crippen MR) is 90.0 cm³/mol. The van der Waals surface area contributed by atoms with E-state index < -0.39 is 12.2 Å². The number of likely N-dealkylation sites (tertiary alicyclic amines) is 1. The number of amides is 1. The second kappa shape index (κ2) is 7.31. The molecule has 0 aliphatic carbocycles. The number of carbonyl (C=O) groups excluding carboxylic acids is 1. The van der Waals surface area contributed by atoms with Crippen molar-refractivity contribution in [3.05, 3.63) is 60.2 Å². The number of carbonyl (C=O) groups is 1. The Morgan fingerprint density at radius 1 is 1.42 bits per heavy atom. The Labute approximate surface area is 141 Å². The zero-order valence-electron chi connectivity index (χ0n) is 13.6. The summed E-state index contributed by atoms with van der Waals surface area (Å²) >= 11 is 0. The maximum atomic E-state index is 12.3. The van der Waals surface area contributed by atoms with Crippen LogP contribution < -0.4 is 0 Å². The summed E-state index contributed by atoms with van der Waals surface area (Å²) in [5.41, 5.74) is 0.936. The van der Waals surface area contributed by atoms with E-state index >= 15 is 0 Å². The maximum absolute atomic E-state index is 12.3. The molecule has 24 heavy (non-hydrogen) atoms. The van der Waals surface area contributed by atoms with Crippen molar-refractivity contribution in [3.8, 4) is 0 Å². The Bertz CT molecular complexity index is 711. The highest BCUT2D eigenvalue weighted by Gasteiger charge is 2.33. The predicted octanol–water partition coefficient (Wildman–Crippen LogP) is 2.21. The number of hydrogen-bond acceptors (Lipinski definition) is 4. The van der Waals surface area contributed by atoms with E-state index in [4.69, 9.17) is 4.74 Å². The van der Waals surface area contributed by atoms with Crippen LogP contribution in [0.3, 0.4) is 0 Å². The van der Waals surface area contributed by atoms with Gasteiger partial charge in [0.25, 0.3) is 0 Å². The van der Waals surface area contributed by atoms with Gasteiger partial charge in [-0.15, -0.1) is 0 Å². The fourth-order valence-electron chi connectivity index (χ4n) is 2.77. The molecule has 2 heterocycles. The van der Waals surface area contributed by atoms with Crippen LogP contribution in [0.15, 0.2) is 48.8 Å². The van der Waals surface area contributed by atoms with Gasteiger partial charge in [0, 0.05) is 19.4 Å². The number of hydrogen-bond donors (Lipinski definition) is 1. The van der Waals surface area contributed by atoms with Crippen LogP contribution >= 0.6 is 0 Å². The van der Waals surface area contributed by atoms with Crippen LogP contribution in [0.5, 0.6) is 0 Å². The fourth-order valence-corrected chi connectivity index (χ4v) is 2.77. The number of β-amino-alcohol motifs (C(OH)–C–C–N with tert-alkyl or cyclic N) is 1. The second-order valence-electron chi connectivity index (χ2n) is 5.90. The SMILES string of the molecule is Cn1ccnc1C=CC1CC(O)CN1C(=O)OCc1ccccc1. The lowest BCUT2D eigenvalue weighted by atomic mass is 10.2. The molecule has 2 unspecified atom stereocenters. The molecule has 1 aromatic heterocycles. The molecule has 0 bridgehead atoms. The molecule has 1 aromatic carbocycles. The summed E-state index contributed by atoms with van der Waals surface area (Å²) in [6.07, 6.45) is 6.88. The molecule has 1 fully saturated rings. The lowest BCUT2D eigenvalue weighted by Crippen LogP contribution is -2.35. The summed E-state index contributed by atoms with van der Waals surface area (Å²) in [6.45, 7) is 0.505. The number of aryl methyl sites for hydroxylation is 1. The maximum Gasteiger partial charge on any atom is 0.410 e. The Hall–Kier alpha value is -2.60. The number of imidazole rings is 1. The monoisotopic (exact) mass is 327 g/mol. The van der Waals surface area contributed by atoms with Crippen LogP contribution in [-0.4, -0.2) is 44.3 Å². The Morgan fingerprint density at radius 3 is 2.92 bits per heavy atom. The molecule has 1 aliphatic heterocycles. The van der Waals surface area contributed by atoms with Crippen LogP contribution in [0.25, 0.3) is 6.08 Å². The van der Waals surface area contributed by atoms with Crippen molar-refractivity contribution in [2.45, 2.75) is 25.2 Å². The summed E-state index contributed by atoms with van der Waals surface area (Å²) in [5, 5.41) is 9.91. The highest BCUT2D eigenvalue weighted by atomic mass is 16.6. The third kappa shape index (κ3) is 3.83. The van der Waals surface area contributed by atoms with Crippen molar-refractivity contribution >= 4 is 12.2 Å². The molecule has 0 saturated carbocycles. The van der Waals surface area contributed by atoms with Crippen LogP contribution in [0.2, 0.25) is 0 Å². The van der Waals surface area contributed by atoms with Gasteiger partial charge in [0.1, 0.15) is 12.4 Å². The molecule has 126 valence electrons. The van der Waals surface area contributed by atoms with E-state index in [1.165, 1.54) is 0 Å². The number of ether oxygens (including phenoxy) is 1. The average molecular weight is 327 g/mol. The molecule has 0 radical (unpaired) electrons. The second-order valence-corrected chi connectivity index (χ2v) is 5.90. The number of rotatable bonds is 4. The minimum absolute atomic E-state index is 0.194. The molecule has 3 rings (SSSR count). The van der Waals surface area contributed by atoms with Crippen molar-refractivity contribution in [1.29, 1.82) is 0 Å². The molecule has 1 N–H and O–H groups in total. The van der Waals surface area contributed by atoms with Crippen LogP contribution in [0, 0.1) is 0 Å². The number of nitrogens with zero attached hydrogens (tertiary/aromatic N) is 3. The van der Waals surface area contributed by atoms with E-state index in [1.807, 2.05) is 60.3 Å². The van der Waals surface area contributed by atoms with E-state index in [0.717, 1.165) is 11.4 Å². The summed E-state index contributed by atoms with van der Waals surface area (Å²) in [5.74, 6) is 0.800. The van der Waals surface area contributed by atoms with E-state index in [1.54, 1.807) is 11.1 Å². The van der Waals surface area contributed by atoms with Gasteiger partial charge in [-0.2, -0.15) is 0 Å². The zero-order chi connectivity index (χ0) is 16.9. The Kier molecular flexibility index (Phi) is 4.96. The highest BCUT2D eigenvalue weighted by molar-refractivity contribution is 5.69. The lowest BCUT2D eigenvalue weighted by Gasteiger charge is -2.21. The third-order valence-electron chi connectivity index (χ3n) is 4.09. The quantitative estimate of drug-likeness (QED) is 0.935. The van der Waals surface area contributed by atoms with Gasteiger partial charge in [0.2, 0.25) is 0 Å². The van der Waals surface area contributed by atoms with Gasteiger partial charge < -0.3 is 14.4 Å². The summed E-state index contributed by atoms with van der Waals surface area (Å²) < 4.78 is 7.26. The molecule has 6 nitrogen and oxygen atoms in total. The molecule has 2 atom stereocenters. The van der Waals surface area contributed by atoms with Crippen LogP contribution in [0.1, 0.15) is 17.8 Å². The topological polar surface area (TPSA) is 67.6 Å². The molecular weight excluding hydrogens is 306 g/mol. The van der Waals surface area contributed by atoms with Crippen molar-refractivity contribution in [1.82, 2.24) is 14.5 Å². The molecule has 1 amide bonds. The van der Waals surface area contributed by atoms with Gasteiger partial charge >= 0.3 is 6.09 Å². The van der Waals surface area contributed by atoms with Crippen molar-refractivity contribution in [3.63, 3.8) is 0 Å². The first-order valence-electron chi connectivity index (χ1n) is 7.94. The van der Waals surface area contributed by atoms with E-state index in [2.05, 4.69) is 4.98 Å². The van der Waals surface area contributed by atoms with Gasteiger partial charge in [-0.25, -0.2) is 9.78 Å². The van der Waals surface area contributed by atoms with E-state index in [0.29, 0.717) is 6.42 Å². The van der Waals surface area contributed by atoms with Crippen molar-refractivity contribution in [2.75, 3.05) is 6.54 Å². The molecule has 6 heteroatoms. The number of aliphatic hydroxyl groups excluding tert-OH is 1. The van der Waals surface area contributed by atoms with Gasteiger partial charge in [-0.3, -0.25) is 4.90 Å².